The smallest absolute Gasteiger partial charge is 0.225 e. The average molecular weight is 441 g/mol. The second kappa shape index (κ2) is 9.75. The number of carbonyl (C=O) groups excluding carboxylic acids is 1. The molecule has 2 fully saturated rings. The first-order chi connectivity index (χ1) is 15.0. The van der Waals surface area contributed by atoms with Crippen molar-refractivity contribution in [3.8, 4) is 0 Å². The zero-order chi connectivity index (χ0) is 21.8. The molecule has 31 heavy (non-hydrogen) atoms. The van der Waals surface area contributed by atoms with Crippen molar-refractivity contribution in [1.82, 2.24) is 19.8 Å². The lowest BCUT2D eigenvalue weighted by atomic mass is 9.87. The van der Waals surface area contributed by atoms with Crippen LogP contribution in [-0.2, 0) is 11.3 Å². The summed E-state index contributed by atoms with van der Waals surface area (Å²) in [6, 6.07) is 7.48. The highest BCUT2D eigenvalue weighted by atomic mass is 35.5. The summed E-state index contributed by atoms with van der Waals surface area (Å²) in [6.07, 6.45) is 7.01. The van der Waals surface area contributed by atoms with Crippen molar-refractivity contribution in [3.05, 3.63) is 52.8 Å². The maximum Gasteiger partial charge on any atom is 0.225 e. The molecule has 1 aromatic carbocycles. The number of aromatic nitrogens is 2. The van der Waals surface area contributed by atoms with Crippen LogP contribution in [0.5, 0.6) is 0 Å². The Bertz CT molecular complexity index is 901. The molecule has 7 nitrogen and oxygen atoms in total. The number of nitrogen functional groups attached to an aromatic ring is 1. The van der Waals surface area contributed by atoms with Crippen molar-refractivity contribution in [3.63, 3.8) is 0 Å². The van der Waals surface area contributed by atoms with Gasteiger partial charge in [-0.1, -0.05) is 23.7 Å². The first-order valence-electron chi connectivity index (χ1n) is 10.9. The Morgan fingerprint density at radius 2 is 1.58 bits per heavy atom. The molecule has 0 saturated carbocycles. The molecule has 2 aliphatic rings. The van der Waals surface area contributed by atoms with Crippen molar-refractivity contribution in [1.29, 1.82) is 5.41 Å². The minimum Gasteiger partial charge on any atom is -0.368 e. The quantitative estimate of drug-likeness (QED) is 0.695. The third-order valence-corrected chi connectivity index (χ3v) is 6.69. The maximum atomic E-state index is 13.0. The fraction of sp³-hybridized carbons (Fsp3) is 0.478. The number of amides is 1. The molecule has 0 aliphatic carbocycles. The van der Waals surface area contributed by atoms with Crippen LogP contribution in [0.4, 0.5) is 5.95 Å². The van der Waals surface area contributed by atoms with Crippen LogP contribution in [0.2, 0.25) is 5.02 Å². The normalized spacial score (nSPS) is 18.8. The number of hydrogen-bond acceptors (Lipinski definition) is 6. The molecular formula is C23H29ClN6O. The van der Waals surface area contributed by atoms with E-state index in [-0.39, 0.29) is 17.7 Å². The summed E-state index contributed by atoms with van der Waals surface area (Å²) in [4.78, 5) is 25.5. The molecule has 2 aliphatic heterocycles. The van der Waals surface area contributed by atoms with Gasteiger partial charge in [0.2, 0.25) is 11.9 Å². The molecule has 0 atom stereocenters. The van der Waals surface area contributed by atoms with E-state index < -0.39 is 0 Å². The summed E-state index contributed by atoms with van der Waals surface area (Å²) in [6.45, 7) is 4.07. The number of hydrogen-bond donors (Lipinski definition) is 2. The Morgan fingerprint density at radius 1 is 1.00 bits per heavy atom. The molecule has 0 spiro atoms. The Kier molecular flexibility index (Phi) is 6.83. The summed E-state index contributed by atoms with van der Waals surface area (Å²) in [5, 5.41) is 9.21. The van der Waals surface area contributed by atoms with Crippen molar-refractivity contribution >= 4 is 29.2 Å². The van der Waals surface area contributed by atoms with Crippen LogP contribution in [0.1, 0.15) is 36.8 Å². The second-order valence-corrected chi connectivity index (χ2v) is 8.96. The third-order valence-electron chi connectivity index (χ3n) is 6.44. The van der Waals surface area contributed by atoms with Crippen molar-refractivity contribution in [2.75, 3.05) is 31.9 Å². The van der Waals surface area contributed by atoms with E-state index >= 15 is 0 Å². The Morgan fingerprint density at radius 3 is 2.19 bits per heavy atom. The zero-order valence-corrected chi connectivity index (χ0v) is 18.4. The molecular weight excluding hydrogens is 412 g/mol. The van der Waals surface area contributed by atoms with Crippen molar-refractivity contribution in [2.45, 2.75) is 32.2 Å². The van der Waals surface area contributed by atoms with Crippen LogP contribution in [-0.4, -0.2) is 57.6 Å². The molecule has 4 rings (SSSR count). The van der Waals surface area contributed by atoms with Gasteiger partial charge in [0, 0.05) is 60.2 Å². The lowest BCUT2D eigenvalue weighted by Crippen LogP contribution is -2.46. The van der Waals surface area contributed by atoms with E-state index in [1.165, 1.54) is 0 Å². The van der Waals surface area contributed by atoms with Gasteiger partial charge in [-0.2, -0.15) is 0 Å². The second-order valence-electron chi connectivity index (χ2n) is 8.52. The van der Waals surface area contributed by atoms with Gasteiger partial charge in [-0.3, -0.25) is 9.69 Å². The van der Waals surface area contributed by atoms with Gasteiger partial charge in [-0.25, -0.2) is 9.97 Å². The van der Waals surface area contributed by atoms with Crippen LogP contribution in [0, 0.1) is 17.2 Å². The number of nitrogens with two attached hydrogens (primary N) is 1. The molecule has 1 aromatic heterocycles. The molecule has 8 heteroatoms. The molecule has 3 N–H and O–H groups in total. The van der Waals surface area contributed by atoms with Crippen LogP contribution in [0.25, 0.3) is 0 Å². The summed E-state index contributed by atoms with van der Waals surface area (Å²) < 4.78 is 0. The molecule has 2 saturated heterocycles. The van der Waals surface area contributed by atoms with Crippen LogP contribution in [0.3, 0.4) is 0 Å². The molecule has 164 valence electrons. The highest BCUT2D eigenvalue weighted by Crippen LogP contribution is 2.26. The summed E-state index contributed by atoms with van der Waals surface area (Å²) in [7, 11) is 0. The van der Waals surface area contributed by atoms with E-state index in [2.05, 4.69) is 14.9 Å². The fourth-order valence-corrected chi connectivity index (χ4v) is 4.68. The minimum absolute atomic E-state index is 0.103. The summed E-state index contributed by atoms with van der Waals surface area (Å²) in [5.74, 6) is 0.882. The van der Waals surface area contributed by atoms with Crippen LogP contribution >= 0.6 is 11.6 Å². The molecule has 0 unspecified atom stereocenters. The van der Waals surface area contributed by atoms with Gasteiger partial charge in [0.15, 0.2) is 0 Å². The minimum atomic E-state index is 0.103. The number of nitrogens with zero attached hydrogens (tertiary/aromatic N) is 4. The van der Waals surface area contributed by atoms with Gasteiger partial charge in [0.05, 0.1) is 0 Å². The zero-order valence-electron chi connectivity index (χ0n) is 17.6. The van der Waals surface area contributed by atoms with E-state index in [1.54, 1.807) is 12.4 Å². The SMILES string of the molecule is N=C(c1ccc(Cl)cc1)C1CCN(C(=O)C2CCN(Cc3cnc(N)nc3)CC2)CC1. The lowest BCUT2D eigenvalue weighted by molar-refractivity contribution is -0.138. The number of nitrogens with one attached hydrogen (secondary N) is 1. The molecule has 0 radical (unpaired) electrons. The number of carbonyl (C=O) groups is 1. The van der Waals surface area contributed by atoms with E-state index in [9.17, 15) is 4.79 Å². The van der Waals surface area contributed by atoms with E-state index in [0.29, 0.717) is 16.7 Å². The Balaban J connectivity index is 1.23. The average Bonchev–Trinajstić information content (AvgIpc) is 2.81. The number of anilines is 1. The third kappa shape index (κ3) is 5.40. The van der Waals surface area contributed by atoms with E-state index in [0.717, 1.165) is 69.5 Å². The lowest BCUT2D eigenvalue weighted by Gasteiger charge is -2.37. The Hall–Kier alpha value is -2.51. The maximum absolute atomic E-state index is 13.0. The largest absolute Gasteiger partial charge is 0.368 e. The number of halogens is 1. The Labute approximate surface area is 188 Å². The highest BCUT2D eigenvalue weighted by Gasteiger charge is 2.32. The van der Waals surface area contributed by atoms with Gasteiger partial charge in [-0.05, 0) is 56.5 Å². The van der Waals surface area contributed by atoms with Crippen molar-refractivity contribution < 1.29 is 4.79 Å². The van der Waals surface area contributed by atoms with Gasteiger partial charge in [-0.15, -0.1) is 0 Å². The predicted octanol–water partition coefficient (Wildman–Crippen LogP) is 3.23. The number of rotatable bonds is 5. The van der Waals surface area contributed by atoms with Gasteiger partial charge in [0.1, 0.15) is 0 Å². The number of likely N-dealkylation sites (tertiary alicyclic amines) is 2. The van der Waals surface area contributed by atoms with E-state index in [4.69, 9.17) is 22.7 Å². The highest BCUT2D eigenvalue weighted by molar-refractivity contribution is 6.30. The summed E-state index contributed by atoms with van der Waals surface area (Å²) >= 11 is 5.96. The predicted molar refractivity (Wildman–Crippen MR) is 122 cm³/mol. The number of piperidine rings is 2. The number of benzene rings is 1. The molecule has 2 aromatic rings. The van der Waals surface area contributed by atoms with Crippen molar-refractivity contribution in [2.24, 2.45) is 11.8 Å². The van der Waals surface area contributed by atoms with E-state index in [1.807, 2.05) is 29.2 Å². The molecule has 3 heterocycles. The standard InChI is InChI=1S/C23H29ClN6O/c24-20-3-1-17(2-4-20)21(25)18-7-11-30(12-8-18)22(31)19-5-9-29(10-6-19)15-16-13-27-23(26)28-14-16/h1-4,13-14,18-19,25H,5-12,15H2,(H2,26,27,28). The van der Waals surface area contributed by atoms with Gasteiger partial charge >= 0.3 is 0 Å². The van der Waals surface area contributed by atoms with Crippen LogP contribution in [0.15, 0.2) is 36.7 Å². The molecule has 1 amide bonds. The monoisotopic (exact) mass is 440 g/mol. The topological polar surface area (TPSA) is 99.2 Å². The fourth-order valence-electron chi connectivity index (χ4n) is 4.55. The molecule has 0 bridgehead atoms. The summed E-state index contributed by atoms with van der Waals surface area (Å²) in [5.41, 5.74) is 8.17. The first kappa shape index (κ1) is 21.7. The van der Waals surface area contributed by atoms with Gasteiger partial charge < -0.3 is 16.0 Å². The van der Waals surface area contributed by atoms with Crippen LogP contribution < -0.4 is 5.73 Å². The van der Waals surface area contributed by atoms with Gasteiger partial charge in [0.25, 0.3) is 0 Å². The first-order valence-corrected chi connectivity index (χ1v) is 11.3.